The highest BCUT2D eigenvalue weighted by molar-refractivity contribution is 6.30. The molecule has 3 rings (SSSR count). The maximum atomic E-state index is 12.3. The summed E-state index contributed by atoms with van der Waals surface area (Å²) in [6, 6.07) is 17.3. The first-order chi connectivity index (χ1) is 12.5. The topological polar surface area (TPSA) is 50.2 Å². The predicted molar refractivity (Wildman–Crippen MR) is 106 cm³/mol. The van der Waals surface area contributed by atoms with E-state index in [-0.39, 0.29) is 5.91 Å². The molecule has 5 nitrogen and oxygen atoms in total. The Morgan fingerprint density at radius 3 is 2.35 bits per heavy atom. The van der Waals surface area contributed by atoms with Crippen molar-refractivity contribution < 1.29 is 4.79 Å². The number of benzene rings is 2. The standard InChI is InChI=1S/C20H21ClN4O/c1-24(2)18-9-5-16(6-10-18)14-25-19(11-12-22-25)23-20(26)13-15-3-7-17(21)8-4-15/h3-12H,13-14H2,1-2H3,(H,23,26). The van der Waals surface area contributed by atoms with Gasteiger partial charge in [-0.05, 0) is 35.4 Å². The minimum atomic E-state index is -0.0861. The lowest BCUT2D eigenvalue weighted by Crippen LogP contribution is -2.18. The van der Waals surface area contributed by atoms with Crippen molar-refractivity contribution in [2.75, 3.05) is 24.3 Å². The number of amides is 1. The van der Waals surface area contributed by atoms with Crippen molar-refractivity contribution in [2.24, 2.45) is 0 Å². The van der Waals surface area contributed by atoms with Crippen LogP contribution in [0.5, 0.6) is 0 Å². The molecule has 0 bridgehead atoms. The molecule has 134 valence electrons. The zero-order chi connectivity index (χ0) is 18.5. The second-order valence-electron chi connectivity index (χ2n) is 6.29. The van der Waals surface area contributed by atoms with Crippen LogP contribution in [0.1, 0.15) is 11.1 Å². The highest BCUT2D eigenvalue weighted by Crippen LogP contribution is 2.16. The number of hydrogen-bond donors (Lipinski definition) is 1. The summed E-state index contributed by atoms with van der Waals surface area (Å²) in [4.78, 5) is 14.4. The lowest BCUT2D eigenvalue weighted by Gasteiger charge is -2.13. The van der Waals surface area contributed by atoms with Crippen molar-refractivity contribution >= 4 is 29.0 Å². The van der Waals surface area contributed by atoms with Crippen LogP contribution in [0.25, 0.3) is 0 Å². The molecule has 26 heavy (non-hydrogen) atoms. The maximum Gasteiger partial charge on any atom is 0.229 e. The van der Waals surface area contributed by atoms with Gasteiger partial charge in [0.1, 0.15) is 5.82 Å². The number of carbonyl (C=O) groups is 1. The first-order valence-corrected chi connectivity index (χ1v) is 8.71. The Labute approximate surface area is 158 Å². The monoisotopic (exact) mass is 368 g/mol. The highest BCUT2D eigenvalue weighted by atomic mass is 35.5. The molecule has 0 radical (unpaired) electrons. The predicted octanol–water partition coefficient (Wildman–Crippen LogP) is 3.83. The average molecular weight is 369 g/mol. The summed E-state index contributed by atoms with van der Waals surface area (Å²) in [5.41, 5.74) is 3.18. The molecule has 0 aliphatic carbocycles. The van der Waals surface area contributed by atoms with Crippen LogP contribution in [0.2, 0.25) is 5.02 Å². The maximum absolute atomic E-state index is 12.3. The van der Waals surface area contributed by atoms with Crippen molar-refractivity contribution in [1.29, 1.82) is 0 Å². The van der Waals surface area contributed by atoms with Crippen LogP contribution in [-0.2, 0) is 17.8 Å². The minimum Gasteiger partial charge on any atom is -0.378 e. The van der Waals surface area contributed by atoms with E-state index in [1.165, 1.54) is 0 Å². The van der Waals surface area contributed by atoms with E-state index >= 15 is 0 Å². The lowest BCUT2D eigenvalue weighted by molar-refractivity contribution is -0.115. The number of aromatic nitrogens is 2. The average Bonchev–Trinajstić information content (AvgIpc) is 3.04. The summed E-state index contributed by atoms with van der Waals surface area (Å²) in [5.74, 6) is 0.595. The Morgan fingerprint density at radius 2 is 1.69 bits per heavy atom. The number of carbonyl (C=O) groups excluding carboxylic acids is 1. The molecule has 0 atom stereocenters. The van der Waals surface area contributed by atoms with Gasteiger partial charge in [0.25, 0.3) is 0 Å². The van der Waals surface area contributed by atoms with E-state index in [2.05, 4.69) is 39.6 Å². The Kier molecular flexibility index (Phi) is 5.58. The summed E-state index contributed by atoms with van der Waals surface area (Å²) in [5, 5.41) is 7.90. The van der Waals surface area contributed by atoms with Gasteiger partial charge in [-0.25, -0.2) is 4.68 Å². The van der Waals surface area contributed by atoms with Crippen LogP contribution in [0.4, 0.5) is 11.5 Å². The SMILES string of the molecule is CN(C)c1ccc(Cn2nccc2NC(=O)Cc2ccc(Cl)cc2)cc1. The number of halogens is 1. The normalized spacial score (nSPS) is 10.6. The fraction of sp³-hybridized carbons (Fsp3) is 0.200. The Hall–Kier alpha value is -2.79. The molecule has 0 saturated heterocycles. The molecule has 0 aliphatic heterocycles. The van der Waals surface area contributed by atoms with E-state index in [0.717, 1.165) is 16.8 Å². The van der Waals surface area contributed by atoms with E-state index in [4.69, 9.17) is 11.6 Å². The van der Waals surface area contributed by atoms with Crippen LogP contribution in [0, 0.1) is 0 Å². The Morgan fingerprint density at radius 1 is 1.04 bits per heavy atom. The van der Waals surface area contributed by atoms with Gasteiger partial charge in [0, 0.05) is 30.9 Å². The number of nitrogens with one attached hydrogen (secondary N) is 1. The molecular weight excluding hydrogens is 348 g/mol. The molecule has 1 aromatic heterocycles. The van der Waals surface area contributed by atoms with Crippen LogP contribution < -0.4 is 10.2 Å². The van der Waals surface area contributed by atoms with E-state index in [0.29, 0.717) is 23.8 Å². The molecular formula is C20H21ClN4O. The summed E-state index contributed by atoms with van der Waals surface area (Å²) in [7, 11) is 4.02. The lowest BCUT2D eigenvalue weighted by atomic mass is 10.1. The fourth-order valence-corrected chi connectivity index (χ4v) is 2.74. The number of rotatable bonds is 6. The third-order valence-electron chi connectivity index (χ3n) is 4.05. The van der Waals surface area contributed by atoms with Gasteiger partial charge in [0.2, 0.25) is 5.91 Å². The van der Waals surface area contributed by atoms with Crippen molar-refractivity contribution in [3.63, 3.8) is 0 Å². The van der Waals surface area contributed by atoms with Gasteiger partial charge in [-0.1, -0.05) is 35.9 Å². The smallest absolute Gasteiger partial charge is 0.229 e. The third-order valence-corrected chi connectivity index (χ3v) is 4.30. The zero-order valence-corrected chi connectivity index (χ0v) is 15.6. The molecule has 0 saturated carbocycles. The highest BCUT2D eigenvalue weighted by Gasteiger charge is 2.09. The molecule has 1 heterocycles. The largest absolute Gasteiger partial charge is 0.378 e. The minimum absolute atomic E-state index is 0.0861. The summed E-state index contributed by atoms with van der Waals surface area (Å²) < 4.78 is 1.78. The molecule has 0 spiro atoms. The molecule has 0 aliphatic rings. The molecule has 0 unspecified atom stereocenters. The van der Waals surface area contributed by atoms with Gasteiger partial charge in [0.15, 0.2) is 0 Å². The third kappa shape index (κ3) is 4.64. The molecule has 2 aromatic carbocycles. The van der Waals surface area contributed by atoms with Crippen molar-refractivity contribution in [3.8, 4) is 0 Å². The number of hydrogen-bond acceptors (Lipinski definition) is 3. The quantitative estimate of drug-likeness (QED) is 0.719. The zero-order valence-electron chi connectivity index (χ0n) is 14.8. The Bertz CT molecular complexity index is 870. The molecule has 0 fully saturated rings. The molecule has 3 aromatic rings. The second kappa shape index (κ2) is 8.06. The summed E-state index contributed by atoms with van der Waals surface area (Å²) >= 11 is 5.87. The first-order valence-electron chi connectivity index (χ1n) is 8.33. The van der Waals surface area contributed by atoms with Crippen molar-refractivity contribution in [2.45, 2.75) is 13.0 Å². The van der Waals surface area contributed by atoms with Gasteiger partial charge in [-0.3, -0.25) is 4.79 Å². The van der Waals surface area contributed by atoms with E-state index < -0.39 is 0 Å². The summed E-state index contributed by atoms with van der Waals surface area (Å²) in [6.07, 6.45) is 1.98. The van der Waals surface area contributed by atoms with Crippen LogP contribution in [0.3, 0.4) is 0 Å². The molecule has 6 heteroatoms. The number of nitrogens with zero attached hydrogens (tertiary/aromatic N) is 3. The summed E-state index contributed by atoms with van der Waals surface area (Å²) in [6.45, 7) is 0.595. The van der Waals surface area contributed by atoms with Crippen LogP contribution >= 0.6 is 11.6 Å². The van der Waals surface area contributed by atoms with E-state index in [1.54, 1.807) is 29.1 Å². The van der Waals surface area contributed by atoms with Gasteiger partial charge in [0.05, 0.1) is 19.2 Å². The number of anilines is 2. The van der Waals surface area contributed by atoms with Crippen molar-refractivity contribution in [3.05, 3.63) is 76.9 Å². The van der Waals surface area contributed by atoms with Gasteiger partial charge in [-0.2, -0.15) is 5.10 Å². The van der Waals surface area contributed by atoms with Gasteiger partial charge >= 0.3 is 0 Å². The van der Waals surface area contributed by atoms with Gasteiger partial charge < -0.3 is 10.2 Å². The van der Waals surface area contributed by atoms with Crippen LogP contribution in [-0.4, -0.2) is 29.8 Å². The van der Waals surface area contributed by atoms with Crippen LogP contribution in [0.15, 0.2) is 60.8 Å². The van der Waals surface area contributed by atoms with Gasteiger partial charge in [-0.15, -0.1) is 0 Å². The van der Waals surface area contributed by atoms with E-state index in [1.807, 2.05) is 26.2 Å². The van der Waals surface area contributed by atoms with Crippen molar-refractivity contribution in [1.82, 2.24) is 9.78 Å². The fourth-order valence-electron chi connectivity index (χ4n) is 2.61. The molecule has 1 amide bonds. The second-order valence-corrected chi connectivity index (χ2v) is 6.72. The Balaban J connectivity index is 1.64. The molecule has 1 N–H and O–H groups in total. The first kappa shape index (κ1) is 18.0. The van der Waals surface area contributed by atoms with E-state index in [9.17, 15) is 4.79 Å².